The van der Waals surface area contributed by atoms with Crippen LogP contribution in [-0.2, 0) is 16.9 Å². The molecule has 2 rings (SSSR count). The lowest BCUT2D eigenvalue weighted by atomic mass is 9.95. The molecule has 0 aromatic carbocycles. The van der Waals surface area contributed by atoms with Crippen molar-refractivity contribution in [3.63, 3.8) is 0 Å². The molecule has 0 saturated heterocycles. The zero-order chi connectivity index (χ0) is 12.1. The maximum Gasteiger partial charge on any atom is 0.125 e. The Morgan fingerprint density at radius 2 is 2.06 bits per heavy atom. The number of methoxy groups -OCH3 is 1. The van der Waals surface area contributed by atoms with Crippen molar-refractivity contribution >= 4 is 11.3 Å². The normalized spacial score (nSPS) is 20.1. The van der Waals surface area contributed by atoms with Crippen LogP contribution < -0.4 is 5.32 Å². The fraction of sp³-hybridized carbons (Fsp3) is 0.769. The molecular formula is C13H22N2OS. The molecule has 17 heavy (non-hydrogen) atoms. The molecular weight excluding hydrogens is 232 g/mol. The first-order valence-corrected chi connectivity index (χ1v) is 7.27. The van der Waals surface area contributed by atoms with E-state index in [1.165, 1.54) is 35.6 Å². The minimum atomic E-state index is -0.104. The lowest BCUT2D eigenvalue weighted by molar-refractivity contribution is -0.0279. The quantitative estimate of drug-likeness (QED) is 0.839. The number of rotatable bonds is 4. The van der Waals surface area contributed by atoms with Crippen LogP contribution in [0.4, 0.5) is 0 Å². The Morgan fingerprint density at radius 1 is 1.35 bits per heavy atom. The van der Waals surface area contributed by atoms with Gasteiger partial charge in [0, 0.05) is 24.7 Å². The first kappa shape index (κ1) is 13.0. The maximum atomic E-state index is 5.86. The molecule has 0 spiro atoms. The Balaban J connectivity index is 2.19. The van der Waals surface area contributed by atoms with E-state index in [4.69, 9.17) is 4.74 Å². The van der Waals surface area contributed by atoms with E-state index in [1.54, 1.807) is 11.3 Å². The van der Waals surface area contributed by atoms with E-state index in [9.17, 15) is 0 Å². The fourth-order valence-corrected chi connectivity index (χ4v) is 3.73. The van der Waals surface area contributed by atoms with E-state index in [-0.39, 0.29) is 5.60 Å². The number of aromatic nitrogens is 1. The van der Waals surface area contributed by atoms with Gasteiger partial charge in [-0.1, -0.05) is 25.7 Å². The van der Waals surface area contributed by atoms with Crippen molar-refractivity contribution in [1.29, 1.82) is 0 Å². The van der Waals surface area contributed by atoms with Crippen molar-refractivity contribution in [2.75, 3.05) is 14.2 Å². The van der Waals surface area contributed by atoms with Gasteiger partial charge in [-0.15, -0.1) is 11.3 Å². The van der Waals surface area contributed by atoms with Crippen LogP contribution in [-0.4, -0.2) is 19.1 Å². The van der Waals surface area contributed by atoms with Crippen LogP contribution in [0.1, 0.15) is 48.4 Å². The van der Waals surface area contributed by atoms with Crippen molar-refractivity contribution in [3.05, 3.63) is 16.1 Å². The molecule has 1 saturated carbocycles. The summed E-state index contributed by atoms with van der Waals surface area (Å²) in [6.45, 7) is 0.900. The zero-order valence-corrected chi connectivity index (χ0v) is 11.6. The highest BCUT2D eigenvalue weighted by molar-refractivity contribution is 7.11. The molecule has 0 aliphatic heterocycles. The van der Waals surface area contributed by atoms with Crippen LogP contribution in [0, 0.1) is 0 Å². The van der Waals surface area contributed by atoms with Gasteiger partial charge in [0.05, 0.1) is 0 Å². The van der Waals surface area contributed by atoms with E-state index in [0.717, 1.165) is 19.4 Å². The second-order valence-corrected chi connectivity index (χ2v) is 5.89. The molecule has 1 N–H and O–H groups in total. The van der Waals surface area contributed by atoms with Gasteiger partial charge in [0.15, 0.2) is 0 Å². The third-order valence-electron chi connectivity index (χ3n) is 3.60. The second kappa shape index (κ2) is 5.94. The highest BCUT2D eigenvalue weighted by atomic mass is 32.1. The summed E-state index contributed by atoms with van der Waals surface area (Å²) < 4.78 is 5.86. The van der Waals surface area contributed by atoms with Gasteiger partial charge in [-0.2, -0.15) is 0 Å². The van der Waals surface area contributed by atoms with Crippen LogP contribution in [0.2, 0.25) is 0 Å². The summed E-state index contributed by atoms with van der Waals surface area (Å²) in [4.78, 5) is 5.89. The summed E-state index contributed by atoms with van der Waals surface area (Å²) >= 11 is 1.80. The molecule has 1 fully saturated rings. The molecule has 4 heteroatoms. The molecule has 3 nitrogen and oxygen atoms in total. The third kappa shape index (κ3) is 2.87. The summed E-state index contributed by atoms with van der Waals surface area (Å²) in [7, 11) is 3.81. The SMILES string of the molecule is CNCc1cnc(C2(OC)CCCCCC2)s1. The predicted molar refractivity (Wildman–Crippen MR) is 71.3 cm³/mol. The molecule has 0 atom stereocenters. The second-order valence-electron chi connectivity index (χ2n) is 4.77. The highest BCUT2D eigenvalue weighted by Crippen LogP contribution is 2.40. The van der Waals surface area contributed by atoms with Gasteiger partial charge in [-0.05, 0) is 19.9 Å². The van der Waals surface area contributed by atoms with Crippen molar-refractivity contribution in [2.45, 2.75) is 50.7 Å². The van der Waals surface area contributed by atoms with Crippen LogP contribution >= 0.6 is 11.3 Å². The maximum absolute atomic E-state index is 5.86. The van der Waals surface area contributed by atoms with Crippen LogP contribution in [0.15, 0.2) is 6.20 Å². The van der Waals surface area contributed by atoms with Crippen molar-refractivity contribution in [2.24, 2.45) is 0 Å². The van der Waals surface area contributed by atoms with Gasteiger partial charge in [-0.25, -0.2) is 4.98 Å². The number of hydrogen-bond donors (Lipinski definition) is 1. The van der Waals surface area contributed by atoms with Gasteiger partial charge < -0.3 is 10.1 Å². The van der Waals surface area contributed by atoms with Gasteiger partial charge in [0.25, 0.3) is 0 Å². The monoisotopic (exact) mass is 254 g/mol. The summed E-state index contributed by atoms with van der Waals surface area (Å²) in [6.07, 6.45) is 9.41. The topological polar surface area (TPSA) is 34.2 Å². The smallest absolute Gasteiger partial charge is 0.125 e. The van der Waals surface area contributed by atoms with Crippen molar-refractivity contribution < 1.29 is 4.74 Å². The van der Waals surface area contributed by atoms with Crippen molar-refractivity contribution in [1.82, 2.24) is 10.3 Å². The summed E-state index contributed by atoms with van der Waals surface area (Å²) in [5, 5.41) is 4.35. The van der Waals surface area contributed by atoms with E-state index >= 15 is 0 Å². The molecule has 0 bridgehead atoms. The van der Waals surface area contributed by atoms with E-state index in [0.29, 0.717) is 0 Å². The Morgan fingerprint density at radius 3 is 2.65 bits per heavy atom. The Bertz CT molecular complexity index is 343. The lowest BCUT2D eigenvalue weighted by Crippen LogP contribution is -2.27. The first-order chi connectivity index (χ1) is 8.30. The predicted octanol–water partition coefficient (Wildman–Crippen LogP) is 3.06. The minimum Gasteiger partial charge on any atom is -0.371 e. The van der Waals surface area contributed by atoms with Gasteiger partial charge in [-0.3, -0.25) is 0 Å². The van der Waals surface area contributed by atoms with E-state index in [2.05, 4.69) is 10.3 Å². The first-order valence-electron chi connectivity index (χ1n) is 6.46. The number of ether oxygens (including phenoxy) is 1. The largest absolute Gasteiger partial charge is 0.371 e. The molecule has 1 aromatic heterocycles. The summed E-state index contributed by atoms with van der Waals surface area (Å²) in [5.41, 5.74) is -0.104. The number of nitrogens with one attached hydrogen (secondary N) is 1. The number of thiazole rings is 1. The Kier molecular flexibility index (Phi) is 4.54. The lowest BCUT2D eigenvalue weighted by Gasteiger charge is -2.29. The molecule has 0 radical (unpaired) electrons. The Hall–Kier alpha value is -0.450. The van der Waals surface area contributed by atoms with E-state index < -0.39 is 0 Å². The molecule has 1 aliphatic carbocycles. The van der Waals surface area contributed by atoms with Gasteiger partial charge >= 0.3 is 0 Å². The van der Waals surface area contributed by atoms with Crippen LogP contribution in [0.5, 0.6) is 0 Å². The molecule has 0 unspecified atom stereocenters. The van der Waals surface area contributed by atoms with Crippen LogP contribution in [0.25, 0.3) is 0 Å². The molecule has 1 aromatic rings. The van der Waals surface area contributed by atoms with Crippen molar-refractivity contribution in [3.8, 4) is 0 Å². The molecule has 1 heterocycles. The number of nitrogens with zero attached hydrogens (tertiary/aromatic N) is 1. The zero-order valence-electron chi connectivity index (χ0n) is 10.8. The third-order valence-corrected chi connectivity index (χ3v) is 4.78. The summed E-state index contributed by atoms with van der Waals surface area (Å²) in [6, 6.07) is 0. The van der Waals surface area contributed by atoms with E-state index in [1.807, 2.05) is 20.4 Å². The minimum absolute atomic E-state index is 0.104. The number of hydrogen-bond acceptors (Lipinski definition) is 4. The Labute approximate surface area is 108 Å². The van der Waals surface area contributed by atoms with Gasteiger partial charge in [0.2, 0.25) is 0 Å². The highest BCUT2D eigenvalue weighted by Gasteiger charge is 2.35. The summed E-state index contributed by atoms with van der Waals surface area (Å²) in [5.74, 6) is 0. The fourth-order valence-electron chi connectivity index (χ4n) is 2.58. The van der Waals surface area contributed by atoms with Gasteiger partial charge in [0.1, 0.15) is 10.6 Å². The molecule has 0 amide bonds. The average Bonchev–Trinajstić information content (AvgIpc) is 2.68. The standard InChI is InChI=1S/C13H22N2OS/c1-14-9-11-10-15-12(17-11)13(16-2)7-5-3-4-6-8-13/h10,14H,3-9H2,1-2H3. The van der Waals surface area contributed by atoms with Crippen LogP contribution in [0.3, 0.4) is 0 Å². The molecule has 96 valence electrons. The molecule has 1 aliphatic rings. The average molecular weight is 254 g/mol.